The van der Waals surface area contributed by atoms with Crippen LogP contribution in [0.15, 0.2) is 0 Å². The molecule has 0 unspecified atom stereocenters. The summed E-state index contributed by atoms with van der Waals surface area (Å²) in [5.41, 5.74) is 0. The molecule has 0 radical (unpaired) electrons. The molecule has 0 N–H and O–H groups in total. The molecule has 3 atom stereocenters. The Labute approximate surface area is 68.2 Å². The van der Waals surface area contributed by atoms with Crippen LogP contribution in [0.4, 0.5) is 0 Å². The van der Waals surface area contributed by atoms with Crippen LogP contribution in [0.2, 0.25) is 0 Å². The van der Waals surface area contributed by atoms with Crippen LogP contribution >= 0.6 is 0 Å². The Morgan fingerprint density at radius 2 is 2.18 bits per heavy atom. The third-order valence-corrected chi connectivity index (χ3v) is 3.43. The highest BCUT2D eigenvalue weighted by molar-refractivity contribution is 5.75. The number of rotatable bonds is 2. The molecule has 0 saturated heterocycles. The van der Waals surface area contributed by atoms with Crippen molar-refractivity contribution in [3.8, 4) is 0 Å². The van der Waals surface area contributed by atoms with Crippen molar-refractivity contribution in [3.63, 3.8) is 0 Å². The highest BCUT2D eigenvalue weighted by Crippen LogP contribution is 2.49. The molecule has 62 valence electrons. The van der Waals surface area contributed by atoms with E-state index in [2.05, 4.69) is 0 Å². The van der Waals surface area contributed by atoms with Gasteiger partial charge >= 0.3 is 0 Å². The quantitative estimate of drug-likeness (QED) is 0.593. The minimum absolute atomic E-state index is 0.391. The average Bonchev–Trinajstić information content (AvgIpc) is 2.45. The van der Waals surface area contributed by atoms with Crippen molar-refractivity contribution in [2.75, 3.05) is 0 Å². The van der Waals surface area contributed by atoms with E-state index in [0.29, 0.717) is 5.78 Å². The maximum absolute atomic E-state index is 10.9. The van der Waals surface area contributed by atoms with E-state index in [9.17, 15) is 4.79 Å². The molecule has 0 spiro atoms. The fraction of sp³-hybridized carbons (Fsp3) is 0.900. The van der Waals surface area contributed by atoms with E-state index in [-0.39, 0.29) is 0 Å². The number of hydrogen-bond acceptors (Lipinski definition) is 1. The molecule has 2 bridgehead atoms. The van der Waals surface area contributed by atoms with Crippen molar-refractivity contribution in [1.82, 2.24) is 0 Å². The molecule has 2 fully saturated rings. The zero-order chi connectivity index (χ0) is 7.84. The summed E-state index contributed by atoms with van der Waals surface area (Å²) in [6.45, 7) is 1.73. The van der Waals surface area contributed by atoms with Gasteiger partial charge < -0.3 is 4.79 Å². The molecule has 0 aromatic carbocycles. The van der Waals surface area contributed by atoms with E-state index < -0.39 is 0 Å². The van der Waals surface area contributed by atoms with E-state index in [4.69, 9.17) is 0 Å². The van der Waals surface area contributed by atoms with E-state index in [1.54, 1.807) is 6.92 Å². The molecule has 11 heavy (non-hydrogen) atoms. The van der Waals surface area contributed by atoms with Crippen molar-refractivity contribution >= 4 is 5.78 Å². The van der Waals surface area contributed by atoms with Crippen LogP contribution in [-0.2, 0) is 4.79 Å². The predicted molar refractivity (Wildman–Crippen MR) is 44.2 cm³/mol. The van der Waals surface area contributed by atoms with Gasteiger partial charge in [0.2, 0.25) is 0 Å². The Hall–Kier alpha value is -0.330. The Kier molecular flexibility index (Phi) is 1.74. The van der Waals surface area contributed by atoms with Crippen molar-refractivity contribution in [2.45, 2.75) is 39.0 Å². The molecular weight excluding hydrogens is 136 g/mol. The maximum Gasteiger partial charge on any atom is 0.130 e. The molecule has 0 aliphatic heterocycles. The lowest BCUT2D eigenvalue weighted by atomic mass is 9.85. The van der Waals surface area contributed by atoms with E-state index >= 15 is 0 Å². The lowest BCUT2D eigenvalue weighted by Gasteiger charge is -2.19. The van der Waals surface area contributed by atoms with Gasteiger partial charge in [-0.05, 0) is 43.9 Å². The minimum atomic E-state index is 0.391. The van der Waals surface area contributed by atoms with Crippen molar-refractivity contribution < 1.29 is 4.79 Å². The van der Waals surface area contributed by atoms with E-state index in [0.717, 1.165) is 24.2 Å². The molecule has 0 aromatic rings. The molecule has 1 heteroatoms. The molecule has 2 aliphatic carbocycles. The van der Waals surface area contributed by atoms with Crippen LogP contribution in [0.25, 0.3) is 0 Å². The number of ketones is 1. The summed E-state index contributed by atoms with van der Waals surface area (Å²) in [6, 6.07) is 0. The first-order valence-electron chi connectivity index (χ1n) is 4.75. The number of fused-ring (bicyclic) bond motifs is 2. The van der Waals surface area contributed by atoms with Crippen molar-refractivity contribution in [3.05, 3.63) is 0 Å². The fourth-order valence-corrected chi connectivity index (χ4v) is 3.00. The molecular formula is C10H16O. The lowest BCUT2D eigenvalue weighted by Crippen LogP contribution is -2.13. The molecule has 0 heterocycles. The first kappa shape index (κ1) is 7.33. The van der Waals surface area contributed by atoms with Crippen LogP contribution in [0.1, 0.15) is 39.0 Å². The van der Waals surface area contributed by atoms with Gasteiger partial charge in [0.05, 0.1) is 0 Å². The second kappa shape index (κ2) is 2.62. The first-order chi connectivity index (χ1) is 5.25. The third-order valence-electron chi connectivity index (χ3n) is 3.43. The summed E-state index contributed by atoms with van der Waals surface area (Å²) >= 11 is 0. The summed E-state index contributed by atoms with van der Waals surface area (Å²) < 4.78 is 0. The number of Topliss-reactive ketones (excluding diaryl/α,β-unsaturated/α-hetero) is 1. The summed E-state index contributed by atoms with van der Waals surface area (Å²) in [4.78, 5) is 10.9. The predicted octanol–water partition coefficient (Wildman–Crippen LogP) is 2.40. The second-order valence-electron chi connectivity index (χ2n) is 4.34. The largest absolute Gasteiger partial charge is 0.300 e. The molecule has 2 rings (SSSR count). The molecule has 0 amide bonds. The van der Waals surface area contributed by atoms with Crippen molar-refractivity contribution in [2.24, 2.45) is 17.8 Å². The van der Waals surface area contributed by atoms with Gasteiger partial charge in [-0.3, -0.25) is 0 Å². The van der Waals surface area contributed by atoms with Gasteiger partial charge in [0.15, 0.2) is 0 Å². The fourth-order valence-electron chi connectivity index (χ4n) is 3.00. The highest BCUT2D eigenvalue weighted by Gasteiger charge is 2.39. The Balaban J connectivity index is 1.92. The zero-order valence-corrected chi connectivity index (χ0v) is 7.18. The van der Waals surface area contributed by atoms with Crippen LogP contribution in [0.3, 0.4) is 0 Å². The molecule has 2 aliphatic rings. The van der Waals surface area contributed by atoms with Gasteiger partial charge in [-0.25, -0.2) is 0 Å². The van der Waals surface area contributed by atoms with Gasteiger partial charge in [-0.2, -0.15) is 0 Å². The molecule has 1 nitrogen and oxygen atoms in total. The van der Waals surface area contributed by atoms with E-state index in [1.807, 2.05) is 0 Å². The number of carbonyl (C=O) groups excluding carboxylic acids is 1. The zero-order valence-electron chi connectivity index (χ0n) is 7.18. The number of hydrogen-bond donors (Lipinski definition) is 0. The highest BCUT2D eigenvalue weighted by atomic mass is 16.1. The normalized spacial score (nSPS) is 41.4. The second-order valence-corrected chi connectivity index (χ2v) is 4.34. The average molecular weight is 152 g/mol. The first-order valence-corrected chi connectivity index (χ1v) is 4.75. The molecule has 0 aromatic heterocycles. The van der Waals surface area contributed by atoms with Crippen LogP contribution in [0, 0.1) is 17.8 Å². The van der Waals surface area contributed by atoms with Crippen LogP contribution in [-0.4, -0.2) is 5.78 Å². The van der Waals surface area contributed by atoms with Crippen LogP contribution in [0.5, 0.6) is 0 Å². The minimum Gasteiger partial charge on any atom is -0.300 e. The van der Waals surface area contributed by atoms with Gasteiger partial charge in [0.25, 0.3) is 0 Å². The van der Waals surface area contributed by atoms with Gasteiger partial charge in [0.1, 0.15) is 5.78 Å². The Morgan fingerprint density at radius 1 is 1.36 bits per heavy atom. The third kappa shape index (κ3) is 1.33. The van der Waals surface area contributed by atoms with E-state index in [1.165, 1.54) is 25.7 Å². The smallest absolute Gasteiger partial charge is 0.130 e. The Morgan fingerprint density at radius 3 is 2.64 bits per heavy atom. The maximum atomic E-state index is 10.9. The summed E-state index contributed by atoms with van der Waals surface area (Å²) in [5.74, 6) is 3.07. The standard InChI is InChI=1S/C10H16O/c1-7(11)4-10-6-8-2-3-9(10)5-8/h8-10H,2-6H2,1H3/t8-,9-,10-/m0/s1. The van der Waals surface area contributed by atoms with Crippen molar-refractivity contribution in [1.29, 1.82) is 0 Å². The van der Waals surface area contributed by atoms with Gasteiger partial charge in [0, 0.05) is 6.42 Å². The monoisotopic (exact) mass is 152 g/mol. The summed E-state index contributed by atoms with van der Waals surface area (Å²) in [6.07, 6.45) is 6.49. The topological polar surface area (TPSA) is 17.1 Å². The Bertz CT molecular complexity index is 174. The summed E-state index contributed by atoms with van der Waals surface area (Å²) in [7, 11) is 0. The molecule has 2 saturated carbocycles. The van der Waals surface area contributed by atoms with Gasteiger partial charge in [-0.15, -0.1) is 0 Å². The SMILES string of the molecule is CC(=O)C[C@H]1C[C@H]2CC[C@H]1C2. The summed E-state index contributed by atoms with van der Waals surface area (Å²) in [5, 5.41) is 0. The van der Waals surface area contributed by atoms with Crippen LogP contribution < -0.4 is 0 Å². The van der Waals surface area contributed by atoms with Gasteiger partial charge in [-0.1, -0.05) is 6.42 Å². The lowest BCUT2D eigenvalue weighted by molar-refractivity contribution is -0.118. The number of carbonyl (C=O) groups is 1.